The molecule has 0 bridgehead atoms. The van der Waals surface area contributed by atoms with Crippen LogP contribution in [0.25, 0.3) is 0 Å². The lowest BCUT2D eigenvalue weighted by molar-refractivity contribution is -0.274. The van der Waals surface area contributed by atoms with E-state index in [1.165, 1.54) is 12.1 Å². The zero-order valence-corrected chi connectivity index (χ0v) is 8.80. The molecule has 6 heteroatoms. The maximum absolute atomic E-state index is 11.8. The van der Waals surface area contributed by atoms with Crippen LogP contribution in [0.4, 0.5) is 13.2 Å². The highest BCUT2D eigenvalue weighted by Crippen LogP contribution is 2.27. The van der Waals surface area contributed by atoms with Gasteiger partial charge in [0.1, 0.15) is 12.0 Å². The third kappa shape index (κ3) is 3.17. The first kappa shape index (κ1) is 11.3. The Morgan fingerprint density at radius 3 is 2.43 bits per heavy atom. The number of carbonyl (C=O) groups is 1. The summed E-state index contributed by atoms with van der Waals surface area (Å²) in [5.74, 6) is -0.302. The number of hydrogen-bond donors (Lipinski definition) is 0. The van der Waals surface area contributed by atoms with Crippen molar-refractivity contribution in [1.29, 1.82) is 0 Å². The van der Waals surface area contributed by atoms with Gasteiger partial charge in [-0.2, -0.15) is 0 Å². The summed E-state index contributed by atoms with van der Waals surface area (Å²) in [6.45, 7) is 0. The first-order valence-electron chi connectivity index (χ1n) is 3.43. The lowest BCUT2D eigenvalue weighted by Gasteiger charge is -2.10. The van der Waals surface area contributed by atoms with Gasteiger partial charge in [-0.15, -0.1) is 13.2 Å². The molecule has 0 radical (unpaired) electrons. The van der Waals surface area contributed by atoms with Gasteiger partial charge in [-0.25, -0.2) is 0 Å². The van der Waals surface area contributed by atoms with Gasteiger partial charge in [0.25, 0.3) is 0 Å². The Kier molecular flexibility index (Phi) is 3.35. The second-order valence-electron chi connectivity index (χ2n) is 2.36. The highest BCUT2D eigenvalue weighted by atomic mass is 127. The van der Waals surface area contributed by atoms with Crippen molar-refractivity contribution in [3.05, 3.63) is 27.3 Å². The maximum Gasteiger partial charge on any atom is 0.573 e. The lowest BCUT2D eigenvalue weighted by atomic mass is 10.2. The molecule has 0 fully saturated rings. The third-order valence-electron chi connectivity index (χ3n) is 1.32. The normalized spacial score (nSPS) is 11.1. The number of rotatable bonds is 2. The number of alkyl halides is 3. The topological polar surface area (TPSA) is 26.3 Å². The number of aldehydes is 1. The van der Waals surface area contributed by atoms with E-state index in [1.807, 2.05) is 0 Å². The minimum absolute atomic E-state index is 0.240. The van der Waals surface area contributed by atoms with Crippen LogP contribution in [0.15, 0.2) is 18.2 Å². The van der Waals surface area contributed by atoms with Gasteiger partial charge < -0.3 is 4.74 Å². The zero-order chi connectivity index (χ0) is 10.8. The molecule has 76 valence electrons. The number of benzene rings is 1. The van der Waals surface area contributed by atoms with Crippen molar-refractivity contribution < 1.29 is 22.7 Å². The monoisotopic (exact) mass is 316 g/mol. The second-order valence-corrected chi connectivity index (χ2v) is 3.52. The molecule has 2 nitrogen and oxygen atoms in total. The van der Waals surface area contributed by atoms with E-state index < -0.39 is 6.36 Å². The molecule has 0 saturated heterocycles. The average Bonchev–Trinajstić information content (AvgIpc) is 2.06. The molecule has 0 aliphatic rings. The number of hydrogen-bond acceptors (Lipinski definition) is 2. The molecule has 0 unspecified atom stereocenters. The molecule has 0 amide bonds. The standard InChI is InChI=1S/C8H4F3IO2/c9-8(10,11)14-7-2-1-5(4-13)3-6(7)12/h1-4H. The van der Waals surface area contributed by atoms with E-state index >= 15 is 0 Å². The van der Waals surface area contributed by atoms with Crippen LogP contribution in [-0.2, 0) is 0 Å². The molecule has 1 aromatic carbocycles. The minimum atomic E-state index is -4.71. The SMILES string of the molecule is O=Cc1ccc(OC(F)(F)F)c(I)c1. The fourth-order valence-electron chi connectivity index (χ4n) is 0.798. The third-order valence-corrected chi connectivity index (χ3v) is 2.16. The van der Waals surface area contributed by atoms with E-state index in [1.54, 1.807) is 22.6 Å². The van der Waals surface area contributed by atoms with Crippen LogP contribution in [0.5, 0.6) is 5.75 Å². The van der Waals surface area contributed by atoms with Crippen LogP contribution in [-0.4, -0.2) is 12.6 Å². The van der Waals surface area contributed by atoms with Crippen molar-refractivity contribution in [3.63, 3.8) is 0 Å². The Balaban J connectivity index is 2.95. The first-order chi connectivity index (χ1) is 6.42. The van der Waals surface area contributed by atoms with Gasteiger partial charge in [0.15, 0.2) is 0 Å². The van der Waals surface area contributed by atoms with Crippen LogP contribution in [0.3, 0.4) is 0 Å². The lowest BCUT2D eigenvalue weighted by Crippen LogP contribution is -2.17. The van der Waals surface area contributed by atoms with Crippen LogP contribution in [0.1, 0.15) is 10.4 Å². The van der Waals surface area contributed by atoms with Gasteiger partial charge in [-0.05, 0) is 40.8 Å². The Labute approximate surface area is 91.2 Å². The van der Waals surface area contributed by atoms with Gasteiger partial charge in [-0.3, -0.25) is 4.79 Å². The van der Waals surface area contributed by atoms with Crippen molar-refractivity contribution >= 4 is 28.9 Å². The highest BCUT2D eigenvalue weighted by Gasteiger charge is 2.31. The van der Waals surface area contributed by atoms with Gasteiger partial charge in [0.05, 0.1) is 3.57 Å². The summed E-state index contributed by atoms with van der Waals surface area (Å²) in [4.78, 5) is 10.3. The van der Waals surface area contributed by atoms with Crippen molar-refractivity contribution in [3.8, 4) is 5.75 Å². The average molecular weight is 316 g/mol. The van der Waals surface area contributed by atoms with Crippen molar-refractivity contribution in [2.45, 2.75) is 6.36 Å². The molecular weight excluding hydrogens is 312 g/mol. The molecule has 14 heavy (non-hydrogen) atoms. The van der Waals surface area contributed by atoms with Crippen LogP contribution >= 0.6 is 22.6 Å². The fourth-order valence-corrected chi connectivity index (χ4v) is 1.45. The molecule has 0 aliphatic heterocycles. The number of carbonyl (C=O) groups excluding carboxylic acids is 1. The summed E-state index contributed by atoms with van der Waals surface area (Å²) >= 11 is 1.67. The predicted molar refractivity (Wildman–Crippen MR) is 51.2 cm³/mol. The summed E-state index contributed by atoms with van der Waals surface area (Å²) in [6, 6.07) is 3.68. The molecule has 1 rings (SSSR count). The molecule has 1 aromatic rings. The van der Waals surface area contributed by atoms with E-state index in [9.17, 15) is 18.0 Å². The van der Waals surface area contributed by atoms with Gasteiger partial charge >= 0.3 is 6.36 Å². The quantitative estimate of drug-likeness (QED) is 0.619. The Morgan fingerprint density at radius 2 is 2.00 bits per heavy atom. The van der Waals surface area contributed by atoms with E-state index in [2.05, 4.69) is 4.74 Å². The van der Waals surface area contributed by atoms with Gasteiger partial charge in [-0.1, -0.05) is 0 Å². The molecule has 0 N–H and O–H groups in total. The summed E-state index contributed by atoms with van der Waals surface area (Å²) in [7, 11) is 0. The van der Waals surface area contributed by atoms with Gasteiger partial charge in [0.2, 0.25) is 0 Å². The van der Waals surface area contributed by atoms with Crippen molar-refractivity contribution in [2.75, 3.05) is 0 Å². The van der Waals surface area contributed by atoms with Crippen LogP contribution in [0, 0.1) is 3.57 Å². The number of ether oxygens (including phenoxy) is 1. The summed E-state index contributed by atoms with van der Waals surface area (Å²) < 4.78 is 39.4. The molecule has 0 spiro atoms. The minimum Gasteiger partial charge on any atom is -0.405 e. The van der Waals surface area contributed by atoms with Crippen LogP contribution < -0.4 is 4.74 Å². The summed E-state index contributed by atoms with van der Waals surface area (Å²) in [5.41, 5.74) is 0.309. The summed E-state index contributed by atoms with van der Waals surface area (Å²) in [5, 5.41) is 0. The maximum atomic E-state index is 11.8. The molecule has 0 atom stereocenters. The van der Waals surface area contributed by atoms with E-state index in [4.69, 9.17) is 0 Å². The van der Waals surface area contributed by atoms with E-state index in [-0.39, 0.29) is 9.32 Å². The fraction of sp³-hybridized carbons (Fsp3) is 0.125. The smallest absolute Gasteiger partial charge is 0.405 e. The zero-order valence-electron chi connectivity index (χ0n) is 6.64. The van der Waals surface area contributed by atoms with E-state index in [0.29, 0.717) is 11.8 Å². The van der Waals surface area contributed by atoms with Crippen molar-refractivity contribution in [2.24, 2.45) is 0 Å². The van der Waals surface area contributed by atoms with E-state index in [0.717, 1.165) is 6.07 Å². The second kappa shape index (κ2) is 4.16. The largest absolute Gasteiger partial charge is 0.573 e. The molecule has 0 saturated carbocycles. The molecule has 0 aromatic heterocycles. The molecule has 0 aliphatic carbocycles. The Morgan fingerprint density at radius 1 is 1.36 bits per heavy atom. The number of halogens is 4. The van der Waals surface area contributed by atoms with Crippen molar-refractivity contribution in [1.82, 2.24) is 0 Å². The molecular formula is C8H4F3IO2. The van der Waals surface area contributed by atoms with Crippen LogP contribution in [0.2, 0.25) is 0 Å². The first-order valence-corrected chi connectivity index (χ1v) is 4.51. The highest BCUT2D eigenvalue weighted by molar-refractivity contribution is 14.1. The predicted octanol–water partition coefficient (Wildman–Crippen LogP) is 3.00. The van der Waals surface area contributed by atoms with Gasteiger partial charge in [0, 0.05) is 5.56 Å². The Bertz CT molecular complexity index is 349. The Hall–Kier alpha value is -0.790. The summed E-state index contributed by atoms with van der Waals surface area (Å²) in [6.07, 6.45) is -4.15. The molecule has 0 heterocycles.